The molecule has 0 radical (unpaired) electrons. The topological polar surface area (TPSA) is 46.2 Å². The molecule has 1 N–H and O–H groups in total. The Morgan fingerprint density at radius 3 is 2.55 bits per heavy atom. The molecule has 3 nitrogen and oxygen atoms in total. The van der Waals surface area contributed by atoms with Crippen LogP contribution in [0.1, 0.15) is 11.1 Å². The third-order valence-corrected chi connectivity index (χ3v) is 5.39. The zero-order valence-electron chi connectivity index (χ0n) is 11.1. The van der Waals surface area contributed by atoms with Crippen molar-refractivity contribution >= 4 is 26.0 Å². The Labute approximate surface area is 128 Å². The number of sulfonamides is 1. The Morgan fingerprint density at radius 2 is 1.85 bits per heavy atom. The van der Waals surface area contributed by atoms with Crippen LogP contribution in [0.15, 0.2) is 57.9 Å². The van der Waals surface area contributed by atoms with Crippen LogP contribution >= 0.6 is 15.9 Å². The molecular formula is C15H16BrNO2S. The molecule has 0 saturated carbocycles. The second kappa shape index (κ2) is 6.52. The molecule has 106 valence electrons. The highest BCUT2D eigenvalue weighted by Gasteiger charge is 2.16. The van der Waals surface area contributed by atoms with E-state index in [-0.39, 0.29) is 4.90 Å². The van der Waals surface area contributed by atoms with Gasteiger partial charge in [0.1, 0.15) is 0 Å². The summed E-state index contributed by atoms with van der Waals surface area (Å²) in [6, 6.07) is 14.9. The lowest BCUT2D eigenvalue weighted by molar-refractivity contribution is 0.581. The van der Waals surface area contributed by atoms with E-state index < -0.39 is 10.0 Å². The summed E-state index contributed by atoms with van der Waals surface area (Å²) in [7, 11) is -3.47. The quantitative estimate of drug-likeness (QED) is 0.896. The standard InChI is InChI=1S/C15H16BrNO2S/c1-12-5-4-6-13(11-12)9-10-17-20(18,19)15-8-3-2-7-14(15)16/h2-8,11,17H,9-10H2,1H3. The summed E-state index contributed by atoms with van der Waals surface area (Å²) < 4.78 is 27.5. The second-order valence-electron chi connectivity index (χ2n) is 4.57. The maximum absolute atomic E-state index is 12.2. The number of nitrogens with one attached hydrogen (secondary N) is 1. The van der Waals surface area contributed by atoms with Gasteiger partial charge in [-0.3, -0.25) is 0 Å². The molecule has 2 aromatic carbocycles. The van der Waals surface area contributed by atoms with Crippen LogP contribution in [0.25, 0.3) is 0 Å². The number of hydrogen-bond acceptors (Lipinski definition) is 2. The smallest absolute Gasteiger partial charge is 0.211 e. The summed E-state index contributed by atoms with van der Waals surface area (Å²) in [6.07, 6.45) is 0.672. The third-order valence-electron chi connectivity index (χ3n) is 2.91. The van der Waals surface area contributed by atoms with E-state index in [0.29, 0.717) is 17.4 Å². The number of rotatable bonds is 5. The fraction of sp³-hybridized carbons (Fsp3) is 0.200. The average Bonchev–Trinajstić information content (AvgIpc) is 2.39. The molecule has 2 rings (SSSR count). The monoisotopic (exact) mass is 353 g/mol. The first-order valence-electron chi connectivity index (χ1n) is 6.29. The van der Waals surface area contributed by atoms with Crippen molar-refractivity contribution in [3.63, 3.8) is 0 Å². The summed E-state index contributed by atoms with van der Waals surface area (Å²) >= 11 is 3.26. The molecule has 0 aliphatic carbocycles. The van der Waals surface area contributed by atoms with E-state index in [1.165, 1.54) is 5.56 Å². The predicted molar refractivity (Wildman–Crippen MR) is 84.2 cm³/mol. The molecule has 0 fully saturated rings. The first-order valence-corrected chi connectivity index (χ1v) is 8.56. The van der Waals surface area contributed by atoms with Crippen molar-refractivity contribution in [3.05, 3.63) is 64.1 Å². The van der Waals surface area contributed by atoms with Gasteiger partial charge in [0, 0.05) is 11.0 Å². The molecule has 0 aromatic heterocycles. The summed E-state index contributed by atoms with van der Waals surface area (Å²) in [5, 5.41) is 0. The SMILES string of the molecule is Cc1cccc(CCNS(=O)(=O)c2ccccc2Br)c1. The van der Waals surface area contributed by atoms with Crippen LogP contribution in [0, 0.1) is 6.92 Å². The molecule has 0 atom stereocenters. The van der Waals surface area contributed by atoms with Gasteiger partial charge in [0.05, 0.1) is 4.90 Å². The molecule has 2 aromatic rings. The molecule has 0 aliphatic rings. The van der Waals surface area contributed by atoms with E-state index in [1.807, 2.05) is 25.1 Å². The molecule has 0 spiro atoms. The van der Waals surface area contributed by atoms with Crippen LogP contribution in [-0.2, 0) is 16.4 Å². The van der Waals surface area contributed by atoms with Crippen molar-refractivity contribution in [2.45, 2.75) is 18.2 Å². The van der Waals surface area contributed by atoms with Crippen LogP contribution < -0.4 is 4.72 Å². The summed E-state index contributed by atoms with van der Waals surface area (Å²) in [5.41, 5.74) is 2.30. The first kappa shape index (κ1) is 15.2. The minimum absolute atomic E-state index is 0.268. The Hall–Kier alpha value is -1.17. The van der Waals surface area contributed by atoms with Crippen molar-refractivity contribution < 1.29 is 8.42 Å². The van der Waals surface area contributed by atoms with Gasteiger partial charge in [0.2, 0.25) is 10.0 Å². The summed E-state index contributed by atoms with van der Waals surface area (Å²) in [4.78, 5) is 0.268. The maximum Gasteiger partial charge on any atom is 0.241 e. The van der Waals surface area contributed by atoms with Crippen molar-refractivity contribution in [3.8, 4) is 0 Å². The molecule has 0 heterocycles. The number of hydrogen-bond donors (Lipinski definition) is 1. The van der Waals surface area contributed by atoms with Crippen molar-refractivity contribution in [2.75, 3.05) is 6.54 Å². The van der Waals surface area contributed by atoms with Crippen LogP contribution in [0.4, 0.5) is 0 Å². The van der Waals surface area contributed by atoms with Gasteiger partial charge < -0.3 is 0 Å². The normalized spacial score (nSPS) is 11.5. The van der Waals surface area contributed by atoms with E-state index in [4.69, 9.17) is 0 Å². The molecule has 0 amide bonds. The van der Waals surface area contributed by atoms with Crippen LogP contribution in [0.3, 0.4) is 0 Å². The average molecular weight is 354 g/mol. The number of aryl methyl sites for hydroxylation is 1. The lowest BCUT2D eigenvalue weighted by atomic mass is 10.1. The van der Waals surface area contributed by atoms with E-state index in [9.17, 15) is 8.42 Å². The molecule has 0 saturated heterocycles. The highest BCUT2D eigenvalue weighted by molar-refractivity contribution is 9.10. The molecule has 0 bridgehead atoms. The Balaban J connectivity index is 2.02. The third kappa shape index (κ3) is 3.91. The molecule has 0 aliphatic heterocycles. The van der Waals surface area contributed by atoms with Gasteiger partial charge in [-0.15, -0.1) is 0 Å². The Bertz CT molecular complexity index is 699. The molecule has 20 heavy (non-hydrogen) atoms. The van der Waals surface area contributed by atoms with Crippen molar-refractivity contribution in [1.29, 1.82) is 0 Å². The van der Waals surface area contributed by atoms with Gasteiger partial charge in [0.25, 0.3) is 0 Å². The predicted octanol–water partition coefficient (Wildman–Crippen LogP) is 3.28. The van der Waals surface area contributed by atoms with E-state index in [2.05, 4.69) is 26.7 Å². The summed E-state index contributed by atoms with van der Waals surface area (Å²) in [6.45, 7) is 2.40. The largest absolute Gasteiger partial charge is 0.241 e. The molecule has 5 heteroatoms. The zero-order chi connectivity index (χ0) is 14.6. The van der Waals surface area contributed by atoms with Gasteiger partial charge in [-0.2, -0.15) is 0 Å². The van der Waals surface area contributed by atoms with Crippen molar-refractivity contribution in [2.24, 2.45) is 0 Å². The van der Waals surface area contributed by atoms with E-state index in [0.717, 1.165) is 5.56 Å². The highest BCUT2D eigenvalue weighted by atomic mass is 79.9. The fourth-order valence-electron chi connectivity index (χ4n) is 1.94. The number of halogens is 1. The van der Waals surface area contributed by atoms with Crippen LogP contribution in [0.2, 0.25) is 0 Å². The van der Waals surface area contributed by atoms with Gasteiger partial charge in [0.15, 0.2) is 0 Å². The van der Waals surface area contributed by atoms with Gasteiger partial charge in [-0.05, 0) is 47.0 Å². The fourth-order valence-corrected chi connectivity index (χ4v) is 3.97. The van der Waals surface area contributed by atoms with Crippen molar-refractivity contribution in [1.82, 2.24) is 4.72 Å². The lowest BCUT2D eigenvalue weighted by Gasteiger charge is -2.08. The molecular weight excluding hydrogens is 338 g/mol. The minimum Gasteiger partial charge on any atom is -0.211 e. The lowest BCUT2D eigenvalue weighted by Crippen LogP contribution is -2.26. The number of benzene rings is 2. The maximum atomic E-state index is 12.2. The van der Waals surface area contributed by atoms with Crippen LogP contribution in [-0.4, -0.2) is 15.0 Å². The first-order chi connectivity index (χ1) is 9.49. The van der Waals surface area contributed by atoms with Crippen LogP contribution in [0.5, 0.6) is 0 Å². The minimum atomic E-state index is -3.47. The van der Waals surface area contributed by atoms with E-state index >= 15 is 0 Å². The van der Waals surface area contributed by atoms with Gasteiger partial charge in [-0.25, -0.2) is 13.1 Å². The zero-order valence-corrected chi connectivity index (χ0v) is 13.5. The summed E-state index contributed by atoms with van der Waals surface area (Å²) in [5.74, 6) is 0. The molecule has 0 unspecified atom stereocenters. The van der Waals surface area contributed by atoms with E-state index in [1.54, 1.807) is 24.3 Å². The second-order valence-corrected chi connectivity index (χ2v) is 7.16. The van der Waals surface area contributed by atoms with Gasteiger partial charge in [-0.1, -0.05) is 42.0 Å². The van der Waals surface area contributed by atoms with Gasteiger partial charge >= 0.3 is 0 Å². The Kier molecular flexibility index (Phi) is 4.96. The highest BCUT2D eigenvalue weighted by Crippen LogP contribution is 2.20. The Morgan fingerprint density at radius 1 is 1.10 bits per heavy atom.